The summed E-state index contributed by atoms with van der Waals surface area (Å²) in [7, 11) is 0. The van der Waals surface area contributed by atoms with Crippen molar-refractivity contribution in [1.29, 1.82) is 0 Å². The number of nitrogens with one attached hydrogen (secondary N) is 2. The highest BCUT2D eigenvalue weighted by Gasteiger charge is 2.45. The fourth-order valence-electron chi connectivity index (χ4n) is 9.80. The van der Waals surface area contributed by atoms with E-state index < -0.39 is 41.8 Å². The number of carbonyl (C=O) groups excluding carboxylic acids is 4. The molecule has 1 saturated carbocycles. The molecule has 64 heavy (non-hydrogen) atoms. The number of anilines is 3. The molecule has 4 aromatic rings. The number of carbonyl (C=O) groups is 4. The number of amides is 4. The van der Waals surface area contributed by atoms with Crippen LogP contribution in [0, 0.1) is 5.82 Å². The molecule has 338 valence electrons. The Morgan fingerprint density at radius 3 is 2.50 bits per heavy atom. The molecule has 1 aliphatic carbocycles. The van der Waals surface area contributed by atoms with Crippen molar-refractivity contribution in [2.24, 2.45) is 5.73 Å². The molecule has 17 nitrogen and oxygen atoms in total. The first kappa shape index (κ1) is 43.6. The molecule has 5 N–H and O–H groups in total. The van der Waals surface area contributed by atoms with Crippen LogP contribution in [-0.2, 0) is 31.3 Å². The number of fused-ring (bicyclic) bond motifs is 2. The Labute approximate surface area is 373 Å². The molecule has 0 spiro atoms. The van der Waals surface area contributed by atoms with E-state index in [1.54, 1.807) is 22.9 Å². The van der Waals surface area contributed by atoms with E-state index in [1.165, 1.54) is 11.0 Å². The van der Waals surface area contributed by atoms with E-state index in [4.69, 9.17) is 31.8 Å². The van der Waals surface area contributed by atoms with Crippen LogP contribution in [-0.4, -0.2) is 110 Å². The summed E-state index contributed by atoms with van der Waals surface area (Å²) in [5.74, 6) is -1.68. The summed E-state index contributed by atoms with van der Waals surface area (Å²) < 4.78 is 29.7. The number of aliphatic hydroxyl groups is 1. The maximum Gasteiger partial charge on any atom is 0.293 e. The van der Waals surface area contributed by atoms with Crippen molar-refractivity contribution in [3.05, 3.63) is 80.5 Å². The van der Waals surface area contributed by atoms with Crippen LogP contribution in [0.5, 0.6) is 5.75 Å². The predicted octanol–water partition coefficient (Wildman–Crippen LogP) is 4.03. The number of hydrogen-bond acceptors (Lipinski definition) is 13. The molecule has 4 amide bonds. The smallest absolute Gasteiger partial charge is 0.293 e. The van der Waals surface area contributed by atoms with Gasteiger partial charge >= 0.3 is 0 Å². The second-order valence-electron chi connectivity index (χ2n) is 17.8. The van der Waals surface area contributed by atoms with Crippen molar-refractivity contribution >= 4 is 63.6 Å². The molecule has 6 heterocycles. The van der Waals surface area contributed by atoms with Gasteiger partial charge in [0.15, 0.2) is 18.2 Å². The van der Waals surface area contributed by atoms with Crippen molar-refractivity contribution in [3.8, 4) is 5.75 Å². The van der Waals surface area contributed by atoms with Gasteiger partial charge in [0.1, 0.15) is 16.9 Å². The van der Waals surface area contributed by atoms with Gasteiger partial charge in [0.05, 0.1) is 36.1 Å². The second-order valence-corrected chi connectivity index (χ2v) is 18.2. The topological polar surface area (TPSA) is 215 Å². The van der Waals surface area contributed by atoms with E-state index in [9.17, 15) is 29.1 Å². The highest BCUT2D eigenvalue weighted by molar-refractivity contribution is 6.33. The third-order valence-electron chi connectivity index (χ3n) is 13.4. The summed E-state index contributed by atoms with van der Waals surface area (Å²) in [6.07, 6.45) is 6.16. The number of benzene rings is 2. The van der Waals surface area contributed by atoms with Crippen LogP contribution in [0.15, 0.2) is 47.4 Å². The summed E-state index contributed by atoms with van der Waals surface area (Å²) >= 11 is 6.57. The molecule has 3 saturated heterocycles. The Kier molecular flexibility index (Phi) is 11.8. The zero-order chi connectivity index (χ0) is 45.0. The first-order valence-electron chi connectivity index (χ1n) is 21.9. The number of ether oxygens (including phenoxy) is 2. The van der Waals surface area contributed by atoms with E-state index in [0.717, 1.165) is 25.7 Å². The van der Waals surface area contributed by atoms with Crippen molar-refractivity contribution in [2.75, 3.05) is 43.0 Å². The van der Waals surface area contributed by atoms with Gasteiger partial charge in [-0.25, -0.2) is 9.37 Å². The summed E-state index contributed by atoms with van der Waals surface area (Å²) in [6.45, 7) is 5.87. The number of rotatable bonds is 12. The summed E-state index contributed by atoms with van der Waals surface area (Å²) in [5.41, 5.74) is 5.44. The summed E-state index contributed by atoms with van der Waals surface area (Å²) in [6, 6.07) is 9.47. The van der Waals surface area contributed by atoms with Gasteiger partial charge in [0.2, 0.25) is 17.8 Å². The average Bonchev–Trinajstić information content (AvgIpc) is 3.58. The molecule has 1 atom stereocenters. The van der Waals surface area contributed by atoms with Gasteiger partial charge in [-0.15, -0.1) is 0 Å². The second kappa shape index (κ2) is 17.4. The van der Waals surface area contributed by atoms with E-state index in [0.29, 0.717) is 78.4 Å². The van der Waals surface area contributed by atoms with Crippen molar-refractivity contribution in [2.45, 2.75) is 108 Å². The van der Waals surface area contributed by atoms with E-state index in [-0.39, 0.29) is 71.5 Å². The Bertz CT molecular complexity index is 2590. The lowest BCUT2D eigenvalue weighted by molar-refractivity contribution is -0.137. The largest absolute Gasteiger partial charge is 0.478 e. The fourth-order valence-corrected chi connectivity index (χ4v) is 9.94. The number of imide groups is 1. The van der Waals surface area contributed by atoms with Crippen molar-refractivity contribution < 1.29 is 38.1 Å². The van der Waals surface area contributed by atoms with Crippen LogP contribution in [0.25, 0.3) is 10.9 Å². The van der Waals surface area contributed by atoms with Crippen LogP contribution in [0.4, 0.5) is 21.8 Å². The molecular formula is C45H51ClFN9O8. The molecule has 9 rings (SSSR count). The number of piperidine rings is 3. The molecule has 19 heteroatoms. The maximum absolute atomic E-state index is 16.1. The van der Waals surface area contributed by atoms with Crippen LogP contribution >= 0.6 is 11.6 Å². The van der Waals surface area contributed by atoms with Gasteiger partial charge in [-0.05, 0) is 89.1 Å². The van der Waals surface area contributed by atoms with Crippen molar-refractivity contribution in [1.82, 2.24) is 29.7 Å². The molecule has 5 aliphatic rings. The number of pyridine rings is 1. The Morgan fingerprint density at radius 2 is 1.80 bits per heavy atom. The normalized spacial score (nSPS) is 22.7. The average molecular weight is 900 g/mol. The number of halogens is 2. The number of primary amides is 1. The number of hydrogen-bond donors (Lipinski definition) is 4. The quantitative estimate of drug-likeness (QED) is 0.148. The molecule has 0 bridgehead atoms. The molecule has 2 aromatic heterocycles. The Balaban J connectivity index is 0.755. The fraction of sp³-hybridized carbons (Fsp3) is 0.489. The SMILES string of the molecule is CC(C)n1c(=O)c(OCC(N)=O)cc2cc(Nc3nc(N4CCC(O[C@H]5C[C@H](N6CCC(O)(c7ccc8c(c7F)CN(C7CCC(=O)NC7=O)C8=O)CC6)C5)CC4)ncc3Cl)ccc21. The zero-order valence-corrected chi connectivity index (χ0v) is 36.4. The van der Waals surface area contributed by atoms with Crippen LogP contribution in [0.3, 0.4) is 0 Å². The summed E-state index contributed by atoms with van der Waals surface area (Å²) in [5, 5.41) is 18.3. The minimum Gasteiger partial charge on any atom is -0.478 e. The lowest BCUT2D eigenvalue weighted by Crippen LogP contribution is -2.54. The Hall–Kier alpha value is -5.69. The zero-order valence-electron chi connectivity index (χ0n) is 35.6. The minimum absolute atomic E-state index is 0.0256. The molecule has 2 aromatic carbocycles. The molecule has 4 aliphatic heterocycles. The van der Waals surface area contributed by atoms with Gasteiger partial charge in [-0.2, -0.15) is 4.98 Å². The van der Waals surface area contributed by atoms with Gasteiger partial charge in [-0.3, -0.25) is 34.2 Å². The molecule has 0 radical (unpaired) electrons. The third-order valence-corrected chi connectivity index (χ3v) is 13.6. The lowest BCUT2D eigenvalue weighted by Gasteiger charge is -2.48. The van der Waals surface area contributed by atoms with E-state index >= 15 is 4.39 Å². The van der Waals surface area contributed by atoms with E-state index in [2.05, 4.69) is 25.4 Å². The Morgan fingerprint density at radius 1 is 1.05 bits per heavy atom. The maximum atomic E-state index is 16.1. The van der Waals surface area contributed by atoms with Gasteiger partial charge in [0.25, 0.3) is 17.4 Å². The van der Waals surface area contributed by atoms with Gasteiger partial charge in [-0.1, -0.05) is 17.7 Å². The third kappa shape index (κ3) is 8.39. The van der Waals surface area contributed by atoms with Crippen molar-refractivity contribution in [3.63, 3.8) is 0 Å². The first-order valence-corrected chi connectivity index (χ1v) is 22.3. The molecular weight excluding hydrogens is 849 g/mol. The molecule has 1 unspecified atom stereocenters. The van der Waals surface area contributed by atoms with E-state index in [1.807, 2.05) is 32.0 Å². The van der Waals surface area contributed by atoms with Crippen LogP contribution in [0.1, 0.15) is 92.7 Å². The highest BCUT2D eigenvalue weighted by atomic mass is 35.5. The van der Waals surface area contributed by atoms with Crippen LogP contribution < -0.4 is 31.6 Å². The summed E-state index contributed by atoms with van der Waals surface area (Å²) in [4.78, 5) is 76.9. The minimum atomic E-state index is -1.38. The molecule has 4 fully saturated rings. The first-order chi connectivity index (χ1) is 30.6. The van der Waals surface area contributed by atoms with Gasteiger partial charge in [0, 0.05) is 72.4 Å². The van der Waals surface area contributed by atoms with Gasteiger partial charge < -0.3 is 40.0 Å². The lowest BCUT2D eigenvalue weighted by atomic mass is 9.80. The number of nitrogens with zero attached hydrogens (tertiary/aromatic N) is 6. The van der Waals surface area contributed by atoms with Crippen LogP contribution in [0.2, 0.25) is 5.02 Å². The standard InChI is InChI=1S/C45H51ClFN9O8/c1-24(2)56-34-6-3-26(17-25(34)18-36(43(56)61)63-23-37(48)57)50-40-33(46)21-49-44(52-40)54-13-9-28(10-14-54)64-29-19-27(20-29)53-15-11-45(62,12-16-53)32-5-4-30-31(39(32)47)22-55(42(30)60)35-7-8-38(58)51-41(35)59/h3-6,17-18,21,24,27-29,35,62H,7-16,19-20,22-23H2,1-2H3,(H2,48,57)(H,49,50,52)(H,51,58,59)/t27-,29-,35?. The monoisotopic (exact) mass is 899 g/mol. The number of likely N-dealkylation sites (tertiary alicyclic amines) is 1. The number of nitrogens with two attached hydrogens (primary N) is 1. The number of aromatic nitrogens is 3. The predicted molar refractivity (Wildman–Crippen MR) is 234 cm³/mol. The highest BCUT2D eigenvalue weighted by Crippen LogP contribution is 2.41.